The Bertz CT molecular complexity index is 1430. The van der Waals surface area contributed by atoms with Crippen molar-refractivity contribution in [3.8, 4) is 5.75 Å². The molecule has 5 rings (SSSR count). The van der Waals surface area contributed by atoms with Crippen LogP contribution in [0.1, 0.15) is 27.9 Å². The molecule has 12 nitrogen and oxygen atoms in total. The van der Waals surface area contributed by atoms with E-state index in [1.807, 2.05) is 19.0 Å². The number of rotatable bonds is 6. The summed E-state index contributed by atoms with van der Waals surface area (Å²) >= 11 is 0. The Balaban J connectivity index is 1.60. The van der Waals surface area contributed by atoms with E-state index in [4.69, 9.17) is 5.73 Å². The number of nitrogens with one attached hydrogen (secondary N) is 1. The van der Waals surface area contributed by atoms with Crippen LogP contribution in [0.3, 0.4) is 0 Å². The monoisotopic (exact) mass is 565 g/mol. The van der Waals surface area contributed by atoms with Gasteiger partial charge in [-0.25, -0.2) is 0 Å². The van der Waals surface area contributed by atoms with Gasteiger partial charge in [0.05, 0.1) is 23.3 Å². The molecule has 1 aromatic heterocycles. The van der Waals surface area contributed by atoms with Gasteiger partial charge in [-0.1, -0.05) is 0 Å². The zero-order chi connectivity index (χ0) is 30.0. The molecule has 6 N–H and O–H groups in total. The number of fused-ring (bicyclic) bond motifs is 3. The van der Waals surface area contributed by atoms with Crippen LogP contribution in [0.25, 0.3) is 0 Å². The Morgan fingerprint density at radius 2 is 1.90 bits per heavy atom. The van der Waals surface area contributed by atoms with Gasteiger partial charge in [0.15, 0.2) is 23.0 Å². The van der Waals surface area contributed by atoms with Crippen LogP contribution in [0, 0.1) is 23.7 Å². The van der Waals surface area contributed by atoms with E-state index < -0.39 is 64.7 Å². The lowest BCUT2D eigenvalue weighted by atomic mass is 9.52. The zero-order valence-corrected chi connectivity index (χ0v) is 23.4. The van der Waals surface area contributed by atoms with Crippen molar-refractivity contribution in [2.45, 2.75) is 37.1 Å². The Morgan fingerprint density at radius 3 is 2.49 bits per heavy atom. The second-order valence-corrected chi connectivity index (χ2v) is 11.7. The maximum atomic E-state index is 14.1. The van der Waals surface area contributed by atoms with Crippen molar-refractivity contribution in [2.75, 3.05) is 38.4 Å². The number of phenolic OH excluding ortho intramolecular Hbond substituents is 1. The topological polar surface area (TPSA) is 186 Å². The summed E-state index contributed by atoms with van der Waals surface area (Å²) in [6, 6.07) is 4.41. The molecular formula is C29H35N5O7. The van der Waals surface area contributed by atoms with E-state index in [1.54, 1.807) is 49.6 Å². The Labute approximate surface area is 237 Å². The lowest BCUT2D eigenvalue weighted by Gasteiger charge is -2.55. The second kappa shape index (κ2) is 10.2. The minimum atomic E-state index is -2.69. The Hall–Kier alpha value is -3.87. The number of Topliss-reactive ketones (excluding diaryl/α,β-unsaturated/α-hetero) is 3. The molecule has 2 aromatic rings. The number of pyridine rings is 1. The SMILES string of the molecule is CN(C)c1cc(CNc2cccnc2)c(O)c2c1C[C@@H]1C[C@@H]3C(N(C)C)C(O)C(C(N)=O)C(=O)[C@]3(O)C(=O)C1C2=O. The number of nitrogens with zero attached hydrogens (tertiary/aromatic N) is 3. The van der Waals surface area contributed by atoms with Crippen LogP contribution in [0.5, 0.6) is 5.75 Å². The number of benzene rings is 1. The van der Waals surface area contributed by atoms with Crippen molar-refractivity contribution >= 4 is 34.6 Å². The maximum absolute atomic E-state index is 14.1. The van der Waals surface area contributed by atoms with Gasteiger partial charge < -0.3 is 36.2 Å². The molecule has 2 saturated carbocycles. The lowest BCUT2D eigenvalue weighted by molar-refractivity contribution is -0.190. The summed E-state index contributed by atoms with van der Waals surface area (Å²) in [6.07, 6.45) is 2.00. The summed E-state index contributed by atoms with van der Waals surface area (Å²) < 4.78 is 0. The number of anilines is 2. The normalized spacial score (nSPS) is 30.9. The van der Waals surface area contributed by atoms with Crippen molar-refractivity contribution in [1.82, 2.24) is 9.88 Å². The fraction of sp³-hybridized carbons (Fsp3) is 0.483. The summed E-state index contributed by atoms with van der Waals surface area (Å²) in [6.45, 7) is 0.161. The molecule has 1 amide bonds. The third kappa shape index (κ3) is 4.28. The van der Waals surface area contributed by atoms with Crippen molar-refractivity contribution < 1.29 is 34.5 Å². The average molecular weight is 566 g/mol. The van der Waals surface area contributed by atoms with Gasteiger partial charge in [-0.05, 0) is 56.6 Å². The smallest absolute Gasteiger partial charge is 0.230 e. The van der Waals surface area contributed by atoms with Gasteiger partial charge in [0, 0.05) is 56.2 Å². The number of carbonyl (C=O) groups is 4. The summed E-state index contributed by atoms with van der Waals surface area (Å²) in [5.41, 5.74) is 5.11. The van der Waals surface area contributed by atoms with Crippen LogP contribution in [-0.2, 0) is 27.3 Å². The number of phenols is 1. The fourth-order valence-corrected chi connectivity index (χ4v) is 7.12. The summed E-state index contributed by atoms with van der Waals surface area (Å²) in [7, 11) is 6.86. The molecule has 0 spiro atoms. The number of nitrogens with two attached hydrogens (primary N) is 1. The Kier molecular flexibility index (Phi) is 7.13. The maximum Gasteiger partial charge on any atom is 0.230 e. The highest BCUT2D eigenvalue weighted by atomic mass is 16.3. The van der Waals surface area contributed by atoms with Gasteiger partial charge in [-0.2, -0.15) is 0 Å². The molecule has 1 heterocycles. The number of ketones is 3. The van der Waals surface area contributed by atoms with Gasteiger partial charge in [0.2, 0.25) is 5.91 Å². The molecule has 4 unspecified atom stereocenters. The van der Waals surface area contributed by atoms with Gasteiger partial charge in [0.1, 0.15) is 11.7 Å². The van der Waals surface area contributed by atoms with E-state index in [9.17, 15) is 34.5 Å². The molecule has 0 aliphatic heterocycles. The number of carbonyl (C=O) groups excluding carboxylic acids is 4. The number of likely N-dealkylation sites (N-methyl/N-ethyl adjacent to an activating group) is 1. The van der Waals surface area contributed by atoms with Crippen LogP contribution >= 0.6 is 0 Å². The molecule has 41 heavy (non-hydrogen) atoms. The molecule has 0 saturated heterocycles. The first kappa shape index (κ1) is 28.7. The predicted molar refractivity (Wildman–Crippen MR) is 148 cm³/mol. The van der Waals surface area contributed by atoms with Crippen LogP contribution in [0.15, 0.2) is 30.6 Å². The standard InChI is InChI=1S/C29H35N5O7/c1-33(2)18-10-14(11-32-15-6-5-7-31-12-15)23(35)20-16(18)8-13-9-17-22(34(3)4)25(37)21(28(30)40)27(39)29(17,41)26(38)19(13)24(20)36/h5-7,10,12-13,17,19,21-22,25,32,35,37,41H,8-9,11H2,1-4H3,(H2,30,40)/t13-,17-,19?,21?,22?,25?,29-/m1/s1. The lowest BCUT2D eigenvalue weighted by Crippen LogP contribution is -2.75. The number of aliphatic hydroxyl groups is 2. The van der Waals surface area contributed by atoms with Crippen molar-refractivity contribution in [2.24, 2.45) is 29.4 Å². The van der Waals surface area contributed by atoms with Crippen molar-refractivity contribution in [3.63, 3.8) is 0 Å². The first-order chi connectivity index (χ1) is 19.3. The third-order valence-corrected chi connectivity index (χ3v) is 8.97. The van der Waals surface area contributed by atoms with E-state index in [0.29, 0.717) is 22.5 Å². The molecule has 12 heteroatoms. The van der Waals surface area contributed by atoms with Crippen molar-refractivity contribution in [3.05, 3.63) is 47.3 Å². The van der Waals surface area contributed by atoms with E-state index >= 15 is 0 Å². The van der Waals surface area contributed by atoms with Crippen molar-refractivity contribution in [1.29, 1.82) is 0 Å². The first-order valence-electron chi connectivity index (χ1n) is 13.5. The van der Waals surface area contributed by atoms with Gasteiger partial charge >= 0.3 is 0 Å². The first-order valence-corrected chi connectivity index (χ1v) is 13.5. The number of amides is 1. The fourth-order valence-electron chi connectivity index (χ4n) is 7.12. The van der Waals surface area contributed by atoms with Crippen LogP contribution < -0.4 is 16.0 Å². The number of primary amides is 1. The van der Waals surface area contributed by atoms with Gasteiger partial charge in [-0.3, -0.25) is 24.2 Å². The van der Waals surface area contributed by atoms with Crippen LogP contribution in [-0.4, -0.2) is 94.4 Å². The predicted octanol–water partition coefficient (Wildman–Crippen LogP) is -0.268. The number of aliphatic hydroxyl groups excluding tert-OH is 1. The average Bonchev–Trinajstić information content (AvgIpc) is 2.90. The quantitative estimate of drug-likeness (QED) is 0.290. The highest BCUT2D eigenvalue weighted by Gasteiger charge is 2.69. The number of aromatic nitrogens is 1. The summed E-state index contributed by atoms with van der Waals surface area (Å²) in [5.74, 6) is -9.22. The molecule has 0 bridgehead atoms. The summed E-state index contributed by atoms with van der Waals surface area (Å²) in [4.78, 5) is 61.3. The number of hydrogen-bond acceptors (Lipinski definition) is 11. The van der Waals surface area contributed by atoms with E-state index in [1.165, 1.54) is 0 Å². The molecule has 2 fully saturated rings. The minimum Gasteiger partial charge on any atom is -0.507 e. The van der Waals surface area contributed by atoms with E-state index in [2.05, 4.69) is 10.3 Å². The summed E-state index contributed by atoms with van der Waals surface area (Å²) in [5, 5.41) is 37.3. The Morgan fingerprint density at radius 1 is 1.20 bits per heavy atom. The molecule has 218 valence electrons. The minimum absolute atomic E-state index is 0.0188. The molecular weight excluding hydrogens is 530 g/mol. The van der Waals surface area contributed by atoms with Crippen LogP contribution in [0.2, 0.25) is 0 Å². The number of hydrogen-bond donors (Lipinski definition) is 5. The highest BCUT2D eigenvalue weighted by Crippen LogP contribution is 2.52. The van der Waals surface area contributed by atoms with Crippen LogP contribution in [0.4, 0.5) is 11.4 Å². The number of aromatic hydroxyl groups is 1. The molecule has 3 aliphatic carbocycles. The molecule has 1 aromatic carbocycles. The molecule has 0 radical (unpaired) electrons. The van der Waals surface area contributed by atoms with Gasteiger partial charge in [-0.15, -0.1) is 0 Å². The molecule has 3 aliphatic rings. The zero-order valence-electron chi connectivity index (χ0n) is 23.4. The second-order valence-electron chi connectivity index (χ2n) is 11.7. The van der Waals surface area contributed by atoms with E-state index in [0.717, 1.165) is 0 Å². The van der Waals surface area contributed by atoms with E-state index in [-0.39, 0.29) is 30.7 Å². The molecule has 7 atom stereocenters. The third-order valence-electron chi connectivity index (χ3n) is 8.97. The van der Waals surface area contributed by atoms with Gasteiger partial charge in [0.25, 0.3) is 0 Å². The largest absolute Gasteiger partial charge is 0.507 e. The highest BCUT2D eigenvalue weighted by molar-refractivity contribution is 6.25.